The Morgan fingerprint density at radius 2 is 2.05 bits per heavy atom. The maximum atomic E-state index is 5.72. The zero-order chi connectivity index (χ0) is 14.5. The molecule has 0 aliphatic heterocycles. The maximum absolute atomic E-state index is 5.72. The van der Waals surface area contributed by atoms with Crippen LogP contribution < -0.4 is 14.8 Å². The molecule has 0 unspecified atom stereocenters. The number of rotatable bonds is 6. The van der Waals surface area contributed by atoms with Gasteiger partial charge in [0, 0.05) is 12.1 Å². The first-order valence-electron chi connectivity index (χ1n) is 6.20. The first kappa shape index (κ1) is 16.1. The Labute approximate surface area is 124 Å². The first-order valence-corrected chi connectivity index (χ1v) is 6.99. The van der Waals surface area contributed by atoms with E-state index in [0.717, 1.165) is 28.1 Å². The van der Waals surface area contributed by atoms with Crippen LogP contribution in [0.5, 0.6) is 11.5 Å². The van der Waals surface area contributed by atoms with Crippen molar-refractivity contribution in [3.8, 4) is 11.5 Å². The van der Waals surface area contributed by atoms with Crippen LogP contribution in [0.4, 0.5) is 0 Å². The summed E-state index contributed by atoms with van der Waals surface area (Å²) in [5.74, 6) is 1.59. The minimum atomic E-state index is 0.0869. The first-order chi connectivity index (χ1) is 8.81. The van der Waals surface area contributed by atoms with E-state index in [1.165, 1.54) is 0 Å². The summed E-state index contributed by atoms with van der Waals surface area (Å²) in [6.07, 6.45) is 0. The van der Waals surface area contributed by atoms with E-state index in [0.29, 0.717) is 6.61 Å². The Balaban J connectivity index is 2.46. The highest BCUT2D eigenvalue weighted by molar-refractivity contribution is 9.10. The van der Waals surface area contributed by atoms with Gasteiger partial charge in [0.25, 0.3) is 0 Å². The molecule has 0 heterocycles. The van der Waals surface area contributed by atoms with Crippen molar-refractivity contribution >= 4 is 15.9 Å². The fourth-order valence-electron chi connectivity index (χ4n) is 1.35. The van der Waals surface area contributed by atoms with Gasteiger partial charge < -0.3 is 14.8 Å². The smallest absolute Gasteiger partial charge is 0.134 e. The minimum Gasteiger partial charge on any atom is -0.497 e. The Hall–Kier alpha value is -1.00. The van der Waals surface area contributed by atoms with Crippen molar-refractivity contribution in [2.75, 3.05) is 20.3 Å². The number of benzene rings is 1. The lowest BCUT2D eigenvalue weighted by Crippen LogP contribution is -2.37. The molecule has 0 fully saturated rings. The van der Waals surface area contributed by atoms with Gasteiger partial charge in [-0.2, -0.15) is 0 Å². The van der Waals surface area contributed by atoms with Crippen LogP contribution in [-0.2, 0) is 0 Å². The monoisotopic (exact) mass is 327 g/mol. The fourth-order valence-corrected chi connectivity index (χ4v) is 1.82. The molecule has 19 heavy (non-hydrogen) atoms. The van der Waals surface area contributed by atoms with Crippen molar-refractivity contribution in [1.82, 2.24) is 5.32 Å². The number of nitrogens with one attached hydrogen (secondary N) is 1. The van der Waals surface area contributed by atoms with E-state index in [1.807, 2.05) is 18.2 Å². The van der Waals surface area contributed by atoms with Gasteiger partial charge in [0.1, 0.15) is 18.1 Å². The Morgan fingerprint density at radius 1 is 1.37 bits per heavy atom. The summed E-state index contributed by atoms with van der Waals surface area (Å²) in [6.45, 7) is 11.6. The van der Waals surface area contributed by atoms with Gasteiger partial charge in [-0.15, -0.1) is 0 Å². The summed E-state index contributed by atoms with van der Waals surface area (Å²) >= 11 is 3.46. The molecule has 0 aromatic heterocycles. The Bertz CT molecular complexity index is 438. The molecule has 3 nitrogen and oxygen atoms in total. The predicted octanol–water partition coefficient (Wildman–Crippen LogP) is 3.78. The molecule has 0 atom stereocenters. The van der Waals surface area contributed by atoms with Crippen molar-refractivity contribution in [2.24, 2.45) is 0 Å². The van der Waals surface area contributed by atoms with Crippen LogP contribution in [0, 0.1) is 0 Å². The van der Waals surface area contributed by atoms with Crippen LogP contribution in [0.25, 0.3) is 0 Å². The lowest BCUT2D eigenvalue weighted by atomic mass is 10.1. The highest BCUT2D eigenvalue weighted by Crippen LogP contribution is 2.29. The van der Waals surface area contributed by atoms with E-state index in [2.05, 4.69) is 48.6 Å². The second-order valence-electron chi connectivity index (χ2n) is 5.44. The summed E-state index contributed by atoms with van der Waals surface area (Å²) in [4.78, 5) is 0. The van der Waals surface area contributed by atoms with Crippen molar-refractivity contribution in [3.05, 3.63) is 34.8 Å². The van der Waals surface area contributed by atoms with Gasteiger partial charge in [-0.1, -0.05) is 6.58 Å². The number of hydrogen-bond acceptors (Lipinski definition) is 3. The predicted molar refractivity (Wildman–Crippen MR) is 83.1 cm³/mol. The third kappa shape index (κ3) is 6.12. The van der Waals surface area contributed by atoms with E-state index < -0.39 is 0 Å². The summed E-state index contributed by atoms with van der Waals surface area (Å²) in [7, 11) is 1.64. The lowest BCUT2D eigenvalue weighted by molar-refractivity contribution is 0.338. The molecule has 1 aromatic carbocycles. The van der Waals surface area contributed by atoms with Crippen LogP contribution in [0.1, 0.15) is 20.8 Å². The molecule has 0 bridgehead atoms. The normalized spacial score (nSPS) is 11.2. The van der Waals surface area contributed by atoms with E-state index >= 15 is 0 Å². The van der Waals surface area contributed by atoms with Crippen molar-refractivity contribution in [2.45, 2.75) is 26.3 Å². The van der Waals surface area contributed by atoms with Gasteiger partial charge in [0.2, 0.25) is 0 Å². The molecule has 0 saturated carbocycles. The van der Waals surface area contributed by atoms with Gasteiger partial charge >= 0.3 is 0 Å². The van der Waals surface area contributed by atoms with Gasteiger partial charge in [0.05, 0.1) is 11.6 Å². The van der Waals surface area contributed by atoms with Gasteiger partial charge in [-0.3, -0.25) is 0 Å². The Morgan fingerprint density at radius 3 is 2.58 bits per heavy atom. The van der Waals surface area contributed by atoms with Gasteiger partial charge in [-0.25, -0.2) is 0 Å². The topological polar surface area (TPSA) is 30.5 Å². The van der Waals surface area contributed by atoms with Crippen LogP contribution in [-0.4, -0.2) is 25.8 Å². The fraction of sp³-hybridized carbons (Fsp3) is 0.467. The van der Waals surface area contributed by atoms with E-state index in [-0.39, 0.29) is 5.54 Å². The molecule has 4 heteroatoms. The largest absolute Gasteiger partial charge is 0.497 e. The highest BCUT2D eigenvalue weighted by atomic mass is 79.9. The third-order valence-corrected chi connectivity index (χ3v) is 3.06. The maximum Gasteiger partial charge on any atom is 0.134 e. The third-order valence-electron chi connectivity index (χ3n) is 2.44. The molecule has 1 N–H and O–H groups in total. The van der Waals surface area contributed by atoms with Crippen LogP contribution >= 0.6 is 15.9 Å². The molecular weight excluding hydrogens is 306 g/mol. The van der Waals surface area contributed by atoms with Crippen LogP contribution in [0.2, 0.25) is 0 Å². The second-order valence-corrected chi connectivity index (χ2v) is 6.29. The summed E-state index contributed by atoms with van der Waals surface area (Å²) in [5, 5.41) is 3.38. The molecule has 0 aliphatic rings. The molecule has 0 radical (unpaired) electrons. The molecule has 0 amide bonds. The van der Waals surface area contributed by atoms with E-state index in [9.17, 15) is 0 Å². The quantitative estimate of drug-likeness (QED) is 0.806. The highest BCUT2D eigenvalue weighted by Gasteiger charge is 2.09. The molecule has 0 spiro atoms. The van der Waals surface area contributed by atoms with Crippen LogP contribution in [0.15, 0.2) is 34.8 Å². The zero-order valence-corrected chi connectivity index (χ0v) is 13.6. The average molecular weight is 328 g/mol. The zero-order valence-electron chi connectivity index (χ0n) is 12.0. The van der Waals surface area contributed by atoms with Crippen molar-refractivity contribution in [3.63, 3.8) is 0 Å². The SMILES string of the molecule is C=C(CNC(C)(C)C)COc1ccc(OC)cc1Br. The minimum absolute atomic E-state index is 0.0869. The molecule has 0 aliphatic carbocycles. The second kappa shape index (κ2) is 6.96. The van der Waals surface area contributed by atoms with E-state index in [4.69, 9.17) is 9.47 Å². The van der Waals surface area contributed by atoms with Crippen LogP contribution in [0.3, 0.4) is 0 Å². The number of methoxy groups -OCH3 is 1. The summed E-state index contributed by atoms with van der Waals surface area (Å²) in [5.41, 5.74) is 1.10. The Kier molecular flexibility index (Phi) is 5.88. The molecule has 0 saturated heterocycles. The summed E-state index contributed by atoms with van der Waals surface area (Å²) in [6, 6.07) is 5.63. The van der Waals surface area contributed by atoms with Crippen molar-refractivity contribution in [1.29, 1.82) is 0 Å². The standard InChI is InChI=1S/C15H22BrNO2/c1-11(9-17-15(2,3)4)10-19-14-7-6-12(18-5)8-13(14)16/h6-8,17H,1,9-10H2,2-5H3. The number of ether oxygens (including phenoxy) is 2. The number of hydrogen-bond donors (Lipinski definition) is 1. The molecular formula is C15H22BrNO2. The van der Waals surface area contributed by atoms with Crippen molar-refractivity contribution < 1.29 is 9.47 Å². The number of halogens is 1. The van der Waals surface area contributed by atoms with E-state index in [1.54, 1.807) is 7.11 Å². The lowest BCUT2D eigenvalue weighted by Gasteiger charge is -2.21. The average Bonchev–Trinajstić information content (AvgIpc) is 2.34. The summed E-state index contributed by atoms with van der Waals surface area (Å²) < 4.78 is 11.7. The molecule has 1 aromatic rings. The van der Waals surface area contributed by atoms with Gasteiger partial charge in [-0.05, 0) is 60.5 Å². The van der Waals surface area contributed by atoms with Gasteiger partial charge in [0.15, 0.2) is 0 Å². The molecule has 1 rings (SSSR count). The molecule has 106 valence electrons.